The Morgan fingerprint density at radius 2 is 1.88 bits per heavy atom. The van der Waals surface area contributed by atoms with E-state index in [9.17, 15) is 4.79 Å². The lowest BCUT2D eigenvalue weighted by Gasteiger charge is -2.35. The van der Waals surface area contributed by atoms with E-state index in [-0.39, 0.29) is 35.2 Å². The van der Waals surface area contributed by atoms with Gasteiger partial charge in [-0.1, -0.05) is 29.8 Å². The largest absolute Gasteiger partial charge is 0.456 e. The van der Waals surface area contributed by atoms with Gasteiger partial charge in [0.1, 0.15) is 28.7 Å². The summed E-state index contributed by atoms with van der Waals surface area (Å²) in [5.74, 6) is 0.997. The van der Waals surface area contributed by atoms with Crippen molar-refractivity contribution < 1.29 is 19.0 Å². The Morgan fingerprint density at radius 3 is 2.63 bits per heavy atom. The molecule has 2 saturated heterocycles. The standard InChI is InChI=1S/C27H28Cl2N8O4/c1-4-22(38)36-7-9-37(10-8-36)25-15-11-21(29)31-26(41-24-16-12-30-34-18(16)6-5-17(24)28)23(15)32-27(33-25)40-20-14-35(2)13-19(20)39-3/h4-6,11-12,19-20H,1,7-10,13-14H2,2-3H3,(H,30,34)/t19-,20-/m1/s1. The van der Waals surface area contributed by atoms with Gasteiger partial charge in [0.15, 0.2) is 5.75 Å². The highest BCUT2D eigenvalue weighted by atomic mass is 35.5. The summed E-state index contributed by atoms with van der Waals surface area (Å²) in [4.78, 5) is 32.2. The van der Waals surface area contributed by atoms with Gasteiger partial charge in [-0.2, -0.15) is 20.1 Å². The number of nitrogens with one attached hydrogen (secondary N) is 1. The third-order valence-corrected chi connectivity index (χ3v) is 7.82. The molecule has 3 aromatic heterocycles. The fourth-order valence-electron chi connectivity index (χ4n) is 5.23. The number of rotatable bonds is 7. The van der Waals surface area contributed by atoms with Crippen LogP contribution in [0.15, 0.2) is 37.1 Å². The first kappa shape index (κ1) is 27.5. The first-order valence-corrected chi connectivity index (χ1v) is 13.8. The second kappa shape index (κ2) is 11.3. The molecule has 2 atom stereocenters. The highest BCUT2D eigenvalue weighted by Gasteiger charge is 2.34. The van der Waals surface area contributed by atoms with E-state index < -0.39 is 0 Å². The summed E-state index contributed by atoms with van der Waals surface area (Å²) in [6, 6.07) is 5.38. The monoisotopic (exact) mass is 598 g/mol. The van der Waals surface area contributed by atoms with E-state index in [1.54, 1.807) is 30.3 Å². The number of amides is 1. The summed E-state index contributed by atoms with van der Waals surface area (Å²) in [5.41, 5.74) is 1.15. The van der Waals surface area contributed by atoms with Crippen molar-refractivity contribution in [1.29, 1.82) is 0 Å². The predicted octanol–water partition coefficient (Wildman–Crippen LogP) is 3.54. The van der Waals surface area contributed by atoms with Crippen LogP contribution in [0.1, 0.15) is 0 Å². The number of nitrogens with zero attached hydrogens (tertiary/aromatic N) is 7. The second-order valence-electron chi connectivity index (χ2n) is 9.95. The second-order valence-corrected chi connectivity index (χ2v) is 10.7. The molecule has 5 heterocycles. The molecule has 1 N–H and O–H groups in total. The zero-order chi connectivity index (χ0) is 28.7. The molecule has 41 heavy (non-hydrogen) atoms. The summed E-state index contributed by atoms with van der Waals surface area (Å²) in [5, 5.41) is 8.89. The van der Waals surface area contributed by atoms with Gasteiger partial charge in [0.25, 0.3) is 0 Å². The molecule has 1 amide bonds. The number of aromatic amines is 1. The average Bonchev–Trinajstić information content (AvgIpc) is 3.60. The molecule has 214 valence electrons. The number of likely N-dealkylation sites (tertiary alicyclic amines) is 1. The van der Waals surface area contributed by atoms with E-state index in [1.165, 1.54) is 6.08 Å². The SMILES string of the molecule is C=CC(=O)N1CCN(c2nc(O[C@@H]3CN(C)C[C@H]3OC)nc3c(Oc4c(Cl)ccc5[nH]ncc45)nc(Cl)cc23)CC1. The molecule has 0 spiro atoms. The van der Waals surface area contributed by atoms with Crippen LogP contribution in [-0.4, -0.2) is 106 Å². The molecular weight excluding hydrogens is 571 g/mol. The molecule has 12 nitrogen and oxygen atoms in total. The number of ether oxygens (including phenoxy) is 3. The van der Waals surface area contributed by atoms with Crippen molar-refractivity contribution in [1.82, 2.24) is 34.9 Å². The van der Waals surface area contributed by atoms with Gasteiger partial charge in [-0.15, -0.1) is 0 Å². The first-order valence-electron chi connectivity index (χ1n) is 13.1. The van der Waals surface area contributed by atoms with Crippen LogP contribution in [0.2, 0.25) is 10.2 Å². The number of fused-ring (bicyclic) bond motifs is 2. The van der Waals surface area contributed by atoms with Crippen LogP contribution < -0.4 is 14.4 Å². The highest BCUT2D eigenvalue weighted by Crippen LogP contribution is 2.40. The molecule has 0 unspecified atom stereocenters. The van der Waals surface area contributed by atoms with Gasteiger partial charge in [-0.3, -0.25) is 14.8 Å². The summed E-state index contributed by atoms with van der Waals surface area (Å²) in [6.07, 6.45) is 2.53. The Labute approximate surface area is 245 Å². The van der Waals surface area contributed by atoms with E-state index in [2.05, 4.69) is 31.6 Å². The number of halogens is 2. The quantitative estimate of drug-likeness (QED) is 0.249. The van der Waals surface area contributed by atoms with Crippen molar-refractivity contribution in [3.05, 3.63) is 47.2 Å². The van der Waals surface area contributed by atoms with Gasteiger partial charge in [-0.05, 0) is 31.3 Å². The maximum Gasteiger partial charge on any atom is 0.319 e. The number of likely N-dealkylation sites (N-methyl/N-ethyl adjacent to an activating group) is 1. The molecule has 1 aromatic carbocycles. The zero-order valence-corrected chi connectivity index (χ0v) is 24.0. The number of carbonyl (C=O) groups is 1. The topological polar surface area (TPSA) is 122 Å². The van der Waals surface area contributed by atoms with Crippen LogP contribution in [0.3, 0.4) is 0 Å². The molecule has 0 aliphatic carbocycles. The van der Waals surface area contributed by atoms with E-state index in [1.807, 2.05) is 13.1 Å². The van der Waals surface area contributed by atoms with E-state index in [4.69, 9.17) is 47.4 Å². The van der Waals surface area contributed by atoms with Gasteiger partial charge in [0.2, 0.25) is 11.8 Å². The first-order chi connectivity index (χ1) is 19.8. The Kier molecular flexibility index (Phi) is 7.56. The maximum absolute atomic E-state index is 12.2. The summed E-state index contributed by atoms with van der Waals surface area (Å²) in [7, 11) is 3.67. The van der Waals surface area contributed by atoms with E-state index >= 15 is 0 Å². The number of hydrogen-bond donors (Lipinski definition) is 1. The minimum absolute atomic E-state index is 0.106. The number of carbonyl (C=O) groups excluding carboxylic acids is 1. The Bertz CT molecular complexity index is 1620. The third-order valence-electron chi connectivity index (χ3n) is 7.33. The molecule has 0 saturated carbocycles. The number of H-pyrrole nitrogens is 1. The van der Waals surface area contributed by atoms with Crippen molar-refractivity contribution in [2.45, 2.75) is 12.2 Å². The van der Waals surface area contributed by atoms with Gasteiger partial charge >= 0.3 is 6.01 Å². The highest BCUT2D eigenvalue weighted by molar-refractivity contribution is 6.33. The van der Waals surface area contributed by atoms with Gasteiger partial charge in [0.05, 0.1) is 27.5 Å². The lowest BCUT2D eigenvalue weighted by molar-refractivity contribution is -0.126. The number of methoxy groups -OCH3 is 1. The molecular formula is C27H28Cl2N8O4. The molecule has 4 aromatic rings. The molecule has 2 aliphatic rings. The Balaban J connectivity index is 1.45. The van der Waals surface area contributed by atoms with Crippen molar-refractivity contribution >= 4 is 56.7 Å². The zero-order valence-electron chi connectivity index (χ0n) is 22.5. The normalized spacial score (nSPS) is 19.7. The van der Waals surface area contributed by atoms with Crippen LogP contribution in [0.5, 0.6) is 17.6 Å². The number of benzene rings is 1. The third kappa shape index (κ3) is 5.35. The fourth-order valence-corrected chi connectivity index (χ4v) is 5.62. The molecule has 6 rings (SSSR count). The van der Waals surface area contributed by atoms with E-state index in [0.717, 1.165) is 12.1 Å². The van der Waals surface area contributed by atoms with Crippen LogP contribution in [0.4, 0.5) is 5.82 Å². The summed E-state index contributed by atoms with van der Waals surface area (Å²) < 4.78 is 18.3. The average molecular weight is 599 g/mol. The lowest BCUT2D eigenvalue weighted by Crippen LogP contribution is -2.48. The van der Waals surface area contributed by atoms with Crippen LogP contribution >= 0.6 is 23.2 Å². The van der Waals surface area contributed by atoms with Gasteiger partial charge < -0.3 is 24.0 Å². The number of anilines is 1. The summed E-state index contributed by atoms with van der Waals surface area (Å²) >= 11 is 13.1. The molecule has 0 bridgehead atoms. The maximum atomic E-state index is 12.2. The fraction of sp³-hybridized carbons (Fsp3) is 0.370. The van der Waals surface area contributed by atoms with Gasteiger partial charge in [0, 0.05) is 46.4 Å². The van der Waals surface area contributed by atoms with Crippen molar-refractivity contribution in [3.63, 3.8) is 0 Å². The minimum atomic E-state index is -0.281. The smallest absolute Gasteiger partial charge is 0.319 e. The van der Waals surface area contributed by atoms with Crippen molar-refractivity contribution in [2.24, 2.45) is 0 Å². The van der Waals surface area contributed by atoms with Crippen LogP contribution in [0, 0.1) is 0 Å². The summed E-state index contributed by atoms with van der Waals surface area (Å²) in [6.45, 7) is 7.06. The number of piperazine rings is 1. The molecule has 0 radical (unpaired) electrons. The number of hydrogen-bond acceptors (Lipinski definition) is 10. The van der Waals surface area contributed by atoms with E-state index in [0.29, 0.717) is 65.6 Å². The minimum Gasteiger partial charge on any atom is -0.456 e. The van der Waals surface area contributed by atoms with Crippen LogP contribution in [0.25, 0.3) is 21.8 Å². The molecule has 2 aliphatic heterocycles. The molecule has 2 fully saturated rings. The van der Waals surface area contributed by atoms with Crippen LogP contribution in [-0.2, 0) is 9.53 Å². The predicted molar refractivity (Wildman–Crippen MR) is 155 cm³/mol. The molecule has 14 heteroatoms. The Morgan fingerprint density at radius 1 is 1.10 bits per heavy atom. The van der Waals surface area contributed by atoms with Gasteiger partial charge in [-0.25, -0.2) is 0 Å². The lowest BCUT2D eigenvalue weighted by atomic mass is 10.2. The Hall–Kier alpha value is -3.71. The number of pyridine rings is 1. The number of aromatic nitrogens is 5. The van der Waals surface area contributed by atoms with Crippen molar-refractivity contribution in [3.8, 4) is 17.6 Å². The van der Waals surface area contributed by atoms with Crippen molar-refractivity contribution in [2.75, 3.05) is 58.3 Å².